The Morgan fingerprint density at radius 3 is 2.85 bits per heavy atom. The van der Waals surface area contributed by atoms with Gasteiger partial charge in [-0.1, -0.05) is 0 Å². The maximum atomic E-state index is 12.3. The predicted octanol–water partition coefficient (Wildman–Crippen LogP) is 1.59. The lowest BCUT2D eigenvalue weighted by molar-refractivity contribution is -0.131. The molecule has 2 atom stereocenters. The van der Waals surface area contributed by atoms with Gasteiger partial charge in [0.2, 0.25) is 5.91 Å². The molecule has 2 aliphatic heterocycles. The summed E-state index contributed by atoms with van der Waals surface area (Å²) in [5.74, 6) is 1.06. The molecule has 1 aromatic heterocycles. The van der Waals surface area contributed by atoms with Crippen molar-refractivity contribution in [3.05, 3.63) is 21.9 Å². The van der Waals surface area contributed by atoms with Crippen LogP contribution in [0.2, 0.25) is 0 Å². The summed E-state index contributed by atoms with van der Waals surface area (Å²) in [6, 6.07) is 4.38. The summed E-state index contributed by atoms with van der Waals surface area (Å²) in [4.78, 5) is 19.5. The molecular formula is C15H22N2O2S. The molecule has 0 radical (unpaired) electrons. The summed E-state index contributed by atoms with van der Waals surface area (Å²) in [6.07, 6.45) is 0. The summed E-state index contributed by atoms with van der Waals surface area (Å²) < 4.78 is 5.07. The zero-order valence-electron chi connectivity index (χ0n) is 12.2. The number of amides is 1. The fourth-order valence-corrected chi connectivity index (χ4v) is 4.29. The summed E-state index contributed by atoms with van der Waals surface area (Å²) in [6.45, 7) is 7.41. The van der Waals surface area contributed by atoms with Crippen LogP contribution in [-0.4, -0.2) is 55.6 Å². The summed E-state index contributed by atoms with van der Waals surface area (Å²) >= 11 is 1.86. The third-order valence-electron chi connectivity index (χ3n) is 4.34. The molecule has 1 amide bonds. The van der Waals surface area contributed by atoms with Crippen LogP contribution < -0.4 is 0 Å². The zero-order valence-corrected chi connectivity index (χ0v) is 13.0. The van der Waals surface area contributed by atoms with Crippen molar-refractivity contribution >= 4 is 17.2 Å². The van der Waals surface area contributed by atoms with Gasteiger partial charge in [-0.3, -0.25) is 9.69 Å². The molecule has 2 saturated heterocycles. The number of nitrogens with zero attached hydrogens (tertiary/aromatic N) is 2. The summed E-state index contributed by atoms with van der Waals surface area (Å²) in [7, 11) is 1.69. The van der Waals surface area contributed by atoms with E-state index in [2.05, 4.69) is 24.0 Å². The first kappa shape index (κ1) is 14.0. The van der Waals surface area contributed by atoms with Crippen molar-refractivity contribution in [2.24, 2.45) is 11.8 Å². The van der Waals surface area contributed by atoms with Gasteiger partial charge in [0.1, 0.15) is 0 Å². The Morgan fingerprint density at radius 2 is 2.20 bits per heavy atom. The van der Waals surface area contributed by atoms with Crippen molar-refractivity contribution < 1.29 is 9.53 Å². The Bertz CT molecular complexity index is 488. The molecular weight excluding hydrogens is 272 g/mol. The molecule has 0 bridgehead atoms. The Balaban J connectivity index is 1.55. The van der Waals surface area contributed by atoms with Gasteiger partial charge < -0.3 is 9.64 Å². The number of thiophene rings is 1. The van der Waals surface area contributed by atoms with E-state index in [1.807, 2.05) is 16.2 Å². The van der Waals surface area contributed by atoms with Gasteiger partial charge in [0.05, 0.1) is 12.5 Å². The number of fused-ring (bicyclic) bond motifs is 1. The second kappa shape index (κ2) is 5.84. The van der Waals surface area contributed by atoms with Crippen molar-refractivity contribution in [1.29, 1.82) is 0 Å². The number of ether oxygens (including phenoxy) is 1. The van der Waals surface area contributed by atoms with Gasteiger partial charge in [-0.05, 0) is 19.1 Å². The van der Waals surface area contributed by atoms with E-state index in [0.29, 0.717) is 18.4 Å². The lowest BCUT2D eigenvalue weighted by Gasteiger charge is -2.21. The third kappa shape index (κ3) is 2.75. The molecule has 0 aromatic carbocycles. The largest absolute Gasteiger partial charge is 0.383 e. The maximum Gasteiger partial charge on any atom is 0.227 e. The highest BCUT2D eigenvalue weighted by molar-refractivity contribution is 7.11. The predicted molar refractivity (Wildman–Crippen MR) is 79.8 cm³/mol. The monoisotopic (exact) mass is 294 g/mol. The SMILES string of the molecule is COCCN1C[C@@H]2CN(Cc3ccc(C)s3)C[C@@H]2C1=O. The third-order valence-corrected chi connectivity index (χ3v) is 5.33. The Labute approximate surface area is 124 Å². The molecule has 2 fully saturated rings. The van der Waals surface area contributed by atoms with Crippen LogP contribution in [0.25, 0.3) is 0 Å². The van der Waals surface area contributed by atoms with E-state index in [4.69, 9.17) is 4.74 Å². The van der Waals surface area contributed by atoms with Crippen LogP contribution in [0.3, 0.4) is 0 Å². The maximum absolute atomic E-state index is 12.3. The molecule has 0 N–H and O–H groups in total. The highest BCUT2D eigenvalue weighted by Gasteiger charge is 2.45. The molecule has 0 aliphatic carbocycles. The number of rotatable bonds is 5. The van der Waals surface area contributed by atoms with Gasteiger partial charge >= 0.3 is 0 Å². The molecule has 0 spiro atoms. The molecule has 0 saturated carbocycles. The Morgan fingerprint density at radius 1 is 1.35 bits per heavy atom. The van der Waals surface area contributed by atoms with Gasteiger partial charge in [0, 0.05) is 55.5 Å². The fourth-order valence-electron chi connectivity index (χ4n) is 3.36. The van der Waals surface area contributed by atoms with Gasteiger partial charge in [-0.25, -0.2) is 0 Å². The van der Waals surface area contributed by atoms with E-state index in [0.717, 1.165) is 32.7 Å². The normalized spacial score (nSPS) is 26.5. The fraction of sp³-hybridized carbons (Fsp3) is 0.667. The first-order valence-corrected chi connectivity index (χ1v) is 8.04. The average Bonchev–Trinajstić information content (AvgIpc) is 3.06. The van der Waals surface area contributed by atoms with Gasteiger partial charge in [0.25, 0.3) is 0 Å². The number of hydrogen-bond donors (Lipinski definition) is 0. The summed E-state index contributed by atoms with van der Waals surface area (Å²) in [5, 5.41) is 0. The Hall–Kier alpha value is -0.910. The molecule has 3 rings (SSSR count). The molecule has 4 nitrogen and oxygen atoms in total. The van der Waals surface area contributed by atoms with Crippen LogP contribution in [0.15, 0.2) is 12.1 Å². The average molecular weight is 294 g/mol. The highest BCUT2D eigenvalue weighted by Crippen LogP contribution is 2.33. The number of methoxy groups -OCH3 is 1. The van der Waals surface area contributed by atoms with E-state index in [-0.39, 0.29) is 5.92 Å². The van der Waals surface area contributed by atoms with Crippen molar-refractivity contribution in [1.82, 2.24) is 9.80 Å². The topological polar surface area (TPSA) is 32.8 Å². The van der Waals surface area contributed by atoms with Crippen molar-refractivity contribution in [2.75, 3.05) is 39.9 Å². The Kier molecular flexibility index (Phi) is 4.10. The second-order valence-corrected chi connectivity index (χ2v) is 7.22. The van der Waals surface area contributed by atoms with E-state index in [1.54, 1.807) is 7.11 Å². The molecule has 5 heteroatoms. The highest BCUT2D eigenvalue weighted by atomic mass is 32.1. The van der Waals surface area contributed by atoms with E-state index in [9.17, 15) is 4.79 Å². The standard InChI is InChI=1S/C15H22N2O2S/c1-11-3-4-13(20-11)9-16-7-12-8-17(5-6-19-2)15(18)14(12)10-16/h3-4,12,14H,5-10H2,1-2H3/t12-,14-/m0/s1. The minimum absolute atomic E-state index is 0.216. The lowest BCUT2D eigenvalue weighted by Crippen LogP contribution is -2.34. The number of carbonyl (C=O) groups is 1. The van der Waals surface area contributed by atoms with Crippen LogP contribution >= 0.6 is 11.3 Å². The molecule has 0 unspecified atom stereocenters. The van der Waals surface area contributed by atoms with Crippen molar-refractivity contribution in [3.63, 3.8) is 0 Å². The van der Waals surface area contributed by atoms with Gasteiger partial charge in [-0.2, -0.15) is 0 Å². The number of likely N-dealkylation sites (tertiary alicyclic amines) is 2. The molecule has 3 heterocycles. The summed E-state index contributed by atoms with van der Waals surface area (Å²) in [5.41, 5.74) is 0. The van der Waals surface area contributed by atoms with E-state index < -0.39 is 0 Å². The minimum Gasteiger partial charge on any atom is -0.383 e. The zero-order chi connectivity index (χ0) is 14.1. The smallest absolute Gasteiger partial charge is 0.227 e. The first-order valence-electron chi connectivity index (χ1n) is 7.23. The van der Waals surface area contributed by atoms with Gasteiger partial charge in [0.15, 0.2) is 0 Å². The van der Waals surface area contributed by atoms with E-state index in [1.165, 1.54) is 9.75 Å². The van der Waals surface area contributed by atoms with E-state index >= 15 is 0 Å². The molecule has 1 aromatic rings. The van der Waals surface area contributed by atoms with Crippen molar-refractivity contribution in [3.8, 4) is 0 Å². The van der Waals surface area contributed by atoms with Crippen LogP contribution in [-0.2, 0) is 16.1 Å². The first-order chi connectivity index (χ1) is 9.67. The number of hydrogen-bond acceptors (Lipinski definition) is 4. The quantitative estimate of drug-likeness (QED) is 0.827. The van der Waals surface area contributed by atoms with Crippen molar-refractivity contribution in [2.45, 2.75) is 13.5 Å². The number of aryl methyl sites for hydroxylation is 1. The minimum atomic E-state index is 0.216. The number of carbonyl (C=O) groups excluding carboxylic acids is 1. The van der Waals surface area contributed by atoms with Crippen LogP contribution in [0, 0.1) is 18.8 Å². The van der Waals surface area contributed by atoms with Crippen LogP contribution in [0.4, 0.5) is 0 Å². The molecule has 20 heavy (non-hydrogen) atoms. The molecule has 2 aliphatic rings. The lowest BCUT2D eigenvalue weighted by atomic mass is 10.0. The molecule has 110 valence electrons. The second-order valence-electron chi connectivity index (χ2n) is 5.85. The van der Waals surface area contributed by atoms with Gasteiger partial charge in [-0.15, -0.1) is 11.3 Å². The van der Waals surface area contributed by atoms with Crippen LogP contribution in [0.5, 0.6) is 0 Å². The van der Waals surface area contributed by atoms with Crippen LogP contribution in [0.1, 0.15) is 9.75 Å².